The smallest absolute Gasteiger partial charge is 0.244 e. The number of rotatable bonds is 4. The zero-order valence-corrected chi connectivity index (χ0v) is 13.2. The first-order valence-corrected chi connectivity index (χ1v) is 7.58. The van der Waals surface area contributed by atoms with Gasteiger partial charge in [0.1, 0.15) is 18.7 Å². The summed E-state index contributed by atoms with van der Waals surface area (Å²) >= 11 is 0. The van der Waals surface area contributed by atoms with Gasteiger partial charge in [0.2, 0.25) is 5.91 Å². The maximum absolute atomic E-state index is 14.2. The van der Waals surface area contributed by atoms with Crippen molar-refractivity contribution in [3.8, 4) is 0 Å². The number of halogens is 1. The molecule has 126 valence electrons. The number of aromatic nitrogens is 4. The molecule has 8 nitrogen and oxygen atoms in total. The third-order valence-corrected chi connectivity index (χ3v) is 4.02. The van der Waals surface area contributed by atoms with Gasteiger partial charge in [-0.25, -0.2) is 9.07 Å². The van der Waals surface area contributed by atoms with Crippen molar-refractivity contribution in [2.24, 2.45) is 0 Å². The highest BCUT2D eigenvalue weighted by Crippen LogP contribution is 2.22. The molecule has 1 saturated heterocycles. The summed E-state index contributed by atoms with van der Waals surface area (Å²) in [6.45, 7) is 3.54. The number of carbonyl (C=O) groups is 2. The molecule has 0 unspecified atom stereocenters. The second-order valence-electron chi connectivity index (χ2n) is 5.60. The van der Waals surface area contributed by atoms with E-state index in [1.165, 1.54) is 24.0 Å². The molecule has 0 spiro atoms. The number of hydrogen-bond acceptors (Lipinski definition) is 6. The summed E-state index contributed by atoms with van der Waals surface area (Å²) in [7, 11) is 0. The minimum atomic E-state index is -0.420. The van der Waals surface area contributed by atoms with Crippen LogP contribution in [0.5, 0.6) is 0 Å². The molecule has 1 amide bonds. The lowest BCUT2D eigenvalue weighted by atomic mass is 10.1. The average molecular weight is 332 g/mol. The van der Waals surface area contributed by atoms with E-state index in [1.807, 2.05) is 4.90 Å². The number of piperazine rings is 1. The lowest BCUT2D eigenvalue weighted by Gasteiger charge is -2.36. The third-order valence-electron chi connectivity index (χ3n) is 4.02. The van der Waals surface area contributed by atoms with Gasteiger partial charge in [0.15, 0.2) is 5.78 Å². The molecule has 1 aromatic carbocycles. The first kappa shape index (κ1) is 16.0. The molecule has 0 N–H and O–H groups in total. The molecule has 2 heterocycles. The van der Waals surface area contributed by atoms with Gasteiger partial charge in [-0.2, -0.15) is 0 Å². The van der Waals surface area contributed by atoms with Crippen LogP contribution in [0.25, 0.3) is 0 Å². The molecule has 1 aromatic heterocycles. The Morgan fingerprint density at radius 2 is 1.96 bits per heavy atom. The maximum atomic E-state index is 14.2. The van der Waals surface area contributed by atoms with Crippen molar-refractivity contribution in [2.45, 2.75) is 13.5 Å². The quantitative estimate of drug-likeness (QED) is 0.752. The van der Waals surface area contributed by atoms with Gasteiger partial charge >= 0.3 is 0 Å². The van der Waals surface area contributed by atoms with Gasteiger partial charge in [-0.05, 0) is 35.5 Å². The van der Waals surface area contributed by atoms with Crippen LogP contribution in [0.2, 0.25) is 0 Å². The van der Waals surface area contributed by atoms with Crippen molar-refractivity contribution in [1.29, 1.82) is 0 Å². The van der Waals surface area contributed by atoms with E-state index >= 15 is 0 Å². The van der Waals surface area contributed by atoms with Crippen molar-refractivity contribution in [3.63, 3.8) is 0 Å². The number of carbonyl (C=O) groups excluding carboxylic acids is 2. The van der Waals surface area contributed by atoms with Crippen molar-refractivity contribution in [3.05, 3.63) is 35.9 Å². The number of amides is 1. The van der Waals surface area contributed by atoms with E-state index in [9.17, 15) is 14.0 Å². The van der Waals surface area contributed by atoms with Gasteiger partial charge < -0.3 is 9.80 Å². The SMILES string of the molecule is CC(=O)c1ccc(N2CCN(C(=O)Cn3cnnn3)CC2)c(F)c1. The lowest BCUT2D eigenvalue weighted by molar-refractivity contribution is -0.132. The summed E-state index contributed by atoms with van der Waals surface area (Å²) < 4.78 is 15.6. The summed E-state index contributed by atoms with van der Waals surface area (Å²) in [4.78, 5) is 27.1. The summed E-state index contributed by atoms with van der Waals surface area (Å²) in [5, 5.41) is 10.6. The van der Waals surface area contributed by atoms with Gasteiger partial charge in [0.05, 0.1) is 5.69 Å². The summed E-state index contributed by atoms with van der Waals surface area (Å²) in [6, 6.07) is 4.49. The Morgan fingerprint density at radius 3 is 2.54 bits per heavy atom. The van der Waals surface area contributed by atoms with Crippen LogP contribution in [0.3, 0.4) is 0 Å². The Hall–Kier alpha value is -2.84. The first-order chi connectivity index (χ1) is 11.5. The van der Waals surface area contributed by atoms with E-state index in [2.05, 4.69) is 15.5 Å². The molecular formula is C15H17FN6O2. The first-order valence-electron chi connectivity index (χ1n) is 7.58. The van der Waals surface area contributed by atoms with Gasteiger partial charge in [-0.1, -0.05) is 0 Å². The zero-order chi connectivity index (χ0) is 17.1. The molecule has 0 radical (unpaired) electrons. The predicted molar refractivity (Wildman–Crippen MR) is 83.0 cm³/mol. The van der Waals surface area contributed by atoms with E-state index in [0.717, 1.165) is 0 Å². The maximum Gasteiger partial charge on any atom is 0.244 e. The zero-order valence-electron chi connectivity index (χ0n) is 13.2. The molecular weight excluding hydrogens is 315 g/mol. The van der Waals surface area contributed by atoms with Crippen LogP contribution in [-0.4, -0.2) is 63.0 Å². The number of Topliss-reactive ketones (excluding diaryl/α,β-unsaturated/α-hetero) is 1. The molecule has 0 bridgehead atoms. The van der Waals surface area contributed by atoms with Crippen molar-refractivity contribution < 1.29 is 14.0 Å². The lowest BCUT2D eigenvalue weighted by Crippen LogP contribution is -2.49. The van der Waals surface area contributed by atoms with E-state index in [1.54, 1.807) is 17.0 Å². The monoisotopic (exact) mass is 332 g/mol. The molecule has 0 atom stereocenters. The van der Waals surface area contributed by atoms with Gasteiger partial charge in [0.25, 0.3) is 0 Å². The Balaban J connectivity index is 1.60. The van der Waals surface area contributed by atoms with Crippen LogP contribution in [-0.2, 0) is 11.3 Å². The van der Waals surface area contributed by atoms with Crippen LogP contribution in [0.1, 0.15) is 17.3 Å². The van der Waals surface area contributed by atoms with Crippen molar-refractivity contribution in [2.75, 3.05) is 31.1 Å². The van der Waals surface area contributed by atoms with Crippen LogP contribution in [0.15, 0.2) is 24.5 Å². The standard InChI is InChI=1S/C15H17FN6O2/c1-11(23)12-2-3-14(13(16)8-12)20-4-6-21(7-5-20)15(24)9-22-10-17-18-19-22/h2-3,8,10H,4-7,9H2,1H3. The highest BCUT2D eigenvalue weighted by atomic mass is 19.1. The normalized spacial score (nSPS) is 14.8. The minimum absolute atomic E-state index is 0.0747. The van der Waals surface area contributed by atoms with Crippen molar-refractivity contribution in [1.82, 2.24) is 25.1 Å². The number of benzene rings is 1. The number of ketones is 1. The highest BCUT2D eigenvalue weighted by molar-refractivity contribution is 5.94. The Morgan fingerprint density at radius 1 is 1.21 bits per heavy atom. The largest absolute Gasteiger partial charge is 0.366 e. The van der Waals surface area contributed by atoms with Crippen molar-refractivity contribution >= 4 is 17.4 Å². The third kappa shape index (κ3) is 3.39. The summed E-state index contributed by atoms with van der Waals surface area (Å²) in [6.07, 6.45) is 1.39. The molecule has 1 aliphatic rings. The Bertz CT molecular complexity index is 740. The molecule has 0 aliphatic carbocycles. The van der Waals surface area contributed by atoms with E-state index in [-0.39, 0.29) is 18.2 Å². The number of tetrazole rings is 1. The fourth-order valence-corrected chi connectivity index (χ4v) is 2.67. The summed E-state index contributed by atoms with van der Waals surface area (Å²) in [5.41, 5.74) is 0.805. The Kier molecular flexibility index (Phi) is 4.50. The highest BCUT2D eigenvalue weighted by Gasteiger charge is 2.23. The van der Waals surface area contributed by atoms with Gasteiger partial charge in [-0.3, -0.25) is 9.59 Å². The molecule has 3 rings (SSSR count). The van der Waals surface area contributed by atoms with Crippen LogP contribution in [0.4, 0.5) is 10.1 Å². The van der Waals surface area contributed by atoms with Crippen LogP contribution >= 0.6 is 0 Å². The van der Waals surface area contributed by atoms with E-state index in [0.29, 0.717) is 37.4 Å². The van der Waals surface area contributed by atoms with Gasteiger partial charge in [0, 0.05) is 31.7 Å². The topological polar surface area (TPSA) is 84.2 Å². The molecule has 1 aliphatic heterocycles. The second kappa shape index (κ2) is 6.73. The van der Waals surface area contributed by atoms with E-state index in [4.69, 9.17) is 0 Å². The fraction of sp³-hybridized carbons (Fsp3) is 0.400. The molecule has 24 heavy (non-hydrogen) atoms. The van der Waals surface area contributed by atoms with Gasteiger partial charge in [-0.15, -0.1) is 5.10 Å². The molecule has 0 saturated carbocycles. The van der Waals surface area contributed by atoms with E-state index < -0.39 is 5.82 Å². The molecule has 1 fully saturated rings. The number of hydrogen-bond donors (Lipinski definition) is 0. The number of anilines is 1. The Labute approximate surface area is 137 Å². The fourth-order valence-electron chi connectivity index (χ4n) is 2.67. The van der Waals surface area contributed by atoms with Crippen LogP contribution < -0.4 is 4.90 Å². The van der Waals surface area contributed by atoms with Crippen LogP contribution in [0, 0.1) is 5.82 Å². The predicted octanol–water partition coefficient (Wildman–Crippen LogP) is 0.364. The molecule has 9 heteroatoms. The summed E-state index contributed by atoms with van der Waals surface area (Å²) in [5.74, 6) is -0.663. The second-order valence-corrected chi connectivity index (χ2v) is 5.60. The average Bonchev–Trinajstić information content (AvgIpc) is 3.08. The minimum Gasteiger partial charge on any atom is -0.366 e. The number of nitrogens with zero attached hydrogens (tertiary/aromatic N) is 6. The molecule has 2 aromatic rings.